The highest BCUT2D eigenvalue weighted by molar-refractivity contribution is 7.22. The third kappa shape index (κ3) is 2.80. The summed E-state index contributed by atoms with van der Waals surface area (Å²) in [4.78, 5) is 12.6. The molecule has 6 heteroatoms. The van der Waals surface area contributed by atoms with Crippen molar-refractivity contribution in [2.45, 2.75) is 18.6 Å². The summed E-state index contributed by atoms with van der Waals surface area (Å²) in [7, 11) is 0. The lowest BCUT2D eigenvalue weighted by Gasteiger charge is -2.37. The predicted octanol–water partition coefficient (Wildman–Crippen LogP) is 3.70. The molecule has 0 saturated carbocycles. The zero-order chi connectivity index (χ0) is 16.7. The minimum atomic E-state index is -0.354. The SMILES string of the molecule is c1ccc2sc(-c3cnc(N4CCC5(CC4)OCCO5)nc3)cc2c1. The monoisotopic (exact) mass is 353 g/mol. The van der Waals surface area contributed by atoms with Gasteiger partial charge in [0.25, 0.3) is 0 Å². The zero-order valence-electron chi connectivity index (χ0n) is 13.9. The lowest BCUT2D eigenvalue weighted by atomic mass is 10.0. The molecule has 0 amide bonds. The van der Waals surface area contributed by atoms with E-state index in [0.717, 1.165) is 37.4 Å². The minimum absolute atomic E-state index is 0.354. The summed E-state index contributed by atoms with van der Waals surface area (Å²) >= 11 is 1.78. The summed E-state index contributed by atoms with van der Waals surface area (Å²) in [6, 6.07) is 10.6. The number of ether oxygens (including phenoxy) is 2. The summed E-state index contributed by atoms with van der Waals surface area (Å²) < 4.78 is 12.9. The maximum absolute atomic E-state index is 5.78. The largest absolute Gasteiger partial charge is 0.347 e. The molecule has 0 atom stereocenters. The van der Waals surface area contributed by atoms with Crippen LogP contribution in [0.3, 0.4) is 0 Å². The van der Waals surface area contributed by atoms with Gasteiger partial charge in [0.05, 0.1) is 13.2 Å². The van der Waals surface area contributed by atoms with Crippen molar-refractivity contribution < 1.29 is 9.47 Å². The average molecular weight is 353 g/mol. The second-order valence-electron chi connectivity index (χ2n) is 6.51. The molecule has 2 aromatic heterocycles. The van der Waals surface area contributed by atoms with Crippen molar-refractivity contribution in [1.82, 2.24) is 9.97 Å². The van der Waals surface area contributed by atoms with Gasteiger partial charge in [-0.15, -0.1) is 11.3 Å². The molecule has 0 radical (unpaired) electrons. The first-order valence-electron chi connectivity index (χ1n) is 8.65. The maximum Gasteiger partial charge on any atom is 0.225 e. The third-order valence-corrected chi connectivity index (χ3v) is 6.14. The van der Waals surface area contributed by atoms with E-state index in [-0.39, 0.29) is 5.79 Å². The van der Waals surface area contributed by atoms with Crippen molar-refractivity contribution in [3.05, 3.63) is 42.7 Å². The molecule has 0 bridgehead atoms. The number of piperidine rings is 1. The molecule has 0 N–H and O–H groups in total. The molecule has 3 aromatic rings. The van der Waals surface area contributed by atoms with Crippen molar-refractivity contribution in [1.29, 1.82) is 0 Å². The van der Waals surface area contributed by atoms with E-state index >= 15 is 0 Å². The second-order valence-corrected chi connectivity index (χ2v) is 7.60. The van der Waals surface area contributed by atoms with Crippen LogP contribution in [0.4, 0.5) is 5.95 Å². The highest BCUT2D eigenvalue weighted by atomic mass is 32.1. The van der Waals surface area contributed by atoms with Crippen LogP contribution in [0.2, 0.25) is 0 Å². The van der Waals surface area contributed by atoms with Crippen LogP contribution in [-0.4, -0.2) is 42.1 Å². The number of aromatic nitrogens is 2. The standard InChI is InChI=1S/C19H19N3O2S/c1-2-4-16-14(3-1)11-17(25-16)15-12-20-18(21-13-15)22-7-5-19(6-8-22)23-9-10-24-19/h1-4,11-13H,5-10H2. The topological polar surface area (TPSA) is 47.5 Å². The first-order chi connectivity index (χ1) is 12.3. The van der Waals surface area contributed by atoms with E-state index in [4.69, 9.17) is 9.47 Å². The Morgan fingerprint density at radius 3 is 2.44 bits per heavy atom. The van der Waals surface area contributed by atoms with Crippen LogP contribution in [0.25, 0.3) is 20.5 Å². The van der Waals surface area contributed by atoms with Crippen LogP contribution in [0.1, 0.15) is 12.8 Å². The van der Waals surface area contributed by atoms with Crippen LogP contribution >= 0.6 is 11.3 Å². The number of anilines is 1. The van der Waals surface area contributed by atoms with E-state index < -0.39 is 0 Å². The maximum atomic E-state index is 5.78. The Labute approximate surface area is 150 Å². The first kappa shape index (κ1) is 15.3. The lowest BCUT2D eigenvalue weighted by Crippen LogP contribution is -2.45. The molecule has 2 saturated heterocycles. The smallest absolute Gasteiger partial charge is 0.225 e. The summed E-state index contributed by atoms with van der Waals surface area (Å²) in [6.45, 7) is 3.14. The molecule has 1 aromatic carbocycles. The molecule has 2 aliphatic heterocycles. The Hall–Kier alpha value is -2.02. The molecular formula is C19H19N3O2S. The highest BCUT2D eigenvalue weighted by Crippen LogP contribution is 2.34. The van der Waals surface area contributed by atoms with Gasteiger partial charge in [-0.2, -0.15) is 0 Å². The number of benzene rings is 1. The molecule has 0 aliphatic carbocycles. The third-order valence-electron chi connectivity index (χ3n) is 4.97. The van der Waals surface area contributed by atoms with Gasteiger partial charge in [-0.1, -0.05) is 18.2 Å². The van der Waals surface area contributed by atoms with E-state index in [1.54, 1.807) is 11.3 Å². The van der Waals surface area contributed by atoms with Crippen molar-refractivity contribution >= 4 is 27.4 Å². The molecule has 4 heterocycles. The quantitative estimate of drug-likeness (QED) is 0.703. The number of nitrogens with zero attached hydrogens (tertiary/aromatic N) is 3. The molecule has 1 spiro atoms. The molecule has 0 unspecified atom stereocenters. The molecule has 128 valence electrons. The van der Waals surface area contributed by atoms with Crippen molar-refractivity contribution in [3.8, 4) is 10.4 Å². The fourth-order valence-electron chi connectivity index (χ4n) is 3.57. The Kier molecular flexibility index (Phi) is 3.69. The van der Waals surface area contributed by atoms with Crippen LogP contribution in [0, 0.1) is 0 Å². The van der Waals surface area contributed by atoms with E-state index in [9.17, 15) is 0 Å². The summed E-state index contributed by atoms with van der Waals surface area (Å²) in [6.07, 6.45) is 5.60. The Bertz CT molecular complexity index is 844. The van der Waals surface area contributed by atoms with E-state index in [1.807, 2.05) is 12.4 Å². The van der Waals surface area contributed by atoms with Gasteiger partial charge in [0, 0.05) is 53.5 Å². The van der Waals surface area contributed by atoms with Gasteiger partial charge in [0.1, 0.15) is 0 Å². The second kappa shape index (κ2) is 6.05. The fourth-order valence-corrected chi connectivity index (χ4v) is 4.61. The predicted molar refractivity (Wildman–Crippen MR) is 98.9 cm³/mol. The fraction of sp³-hybridized carbons (Fsp3) is 0.368. The van der Waals surface area contributed by atoms with Crippen molar-refractivity contribution in [3.63, 3.8) is 0 Å². The van der Waals surface area contributed by atoms with Crippen molar-refractivity contribution in [2.75, 3.05) is 31.2 Å². The van der Waals surface area contributed by atoms with Gasteiger partial charge in [-0.05, 0) is 17.5 Å². The lowest BCUT2D eigenvalue weighted by molar-refractivity contribution is -0.169. The number of thiophene rings is 1. The molecule has 2 aliphatic rings. The molecule has 2 fully saturated rings. The number of hydrogen-bond acceptors (Lipinski definition) is 6. The Balaban J connectivity index is 1.33. The molecular weight excluding hydrogens is 334 g/mol. The van der Waals surface area contributed by atoms with Crippen LogP contribution < -0.4 is 4.90 Å². The normalized spacial score (nSPS) is 19.8. The van der Waals surface area contributed by atoms with Gasteiger partial charge < -0.3 is 14.4 Å². The van der Waals surface area contributed by atoms with Gasteiger partial charge in [0.2, 0.25) is 5.95 Å². The van der Waals surface area contributed by atoms with Gasteiger partial charge in [0.15, 0.2) is 5.79 Å². The number of hydrogen-bond donors (Lipinski definition) is 0. The van der Waals surface area contributed by atoms with Gasteiger partial charge in [-0.25, -0.2) is 9.97 Å². The Morgan fingerprint density at radius 2 is 1.72 bits per heavy atom. The molecule has 5 nitrogen and oxygen atoms in total. The number of fused-ring (bicyclic) bond motifs is 1. The molecule has 25 heavy (non-hydrogen) atoms. The van der Waals surface area contributed by atoms with Gasteiger partial charge >= 0.3 is 0 Å². The summed E-state index contributed by atoms with van der Waals surface area (Å²) in [5, 5.41) is 1.27. The van der Waals surface area contributed by atoms with E-state index in [0.29, 0.717) is 13.2 Å². The van der Waals surface area contributed by atoms with E-state index in [2.05, 4.69) is 45.2 Å². The van der Waals surface area contributed by atoms with Crippen LogP contribution in [0.15, 0.2) is 42.7 Å². The van der Waals surface area contributed by atoms with E-state index in [1.165, 1.54) is 15.0 Å². The van der Waals surface area contributed by atoms with Crippen LogP contribution in [-0.2, 0) is 9.47 Å². The summed E-state index contributed by atoms with van der Waals surface area (Å²) in [5.41, 5.74) is 1.07. The minimum Gasteiger partial charge on any atom is -0.347 e. The highest BCUT2D eigenvalue weighted by Gasteiger charge is 2.40. The van der Waals surface area contributed by atoms with Crippen molar-refractivity contribution in [2.24, 2.45) is 0 Å². The van der Waals surface area contributed by atoms with Gasteiger partial charge in [-0.3, -0.25) is 0 Å². The first-order valence-corrected chi connectivity index (χ1v) is 9.47. The number of rotatable bonds is 2. The molecule has 5 rings (SSSR count). The Morgan fingerprint density at radius 1 is 1.00 bits per heavy atom. The zero-order valence-corrected chi connectivity index (χ0v) is 14.7. The average Bonchev–Trinajstić information content (AvgIpc) is 3.30. The van der Waals surface area contributed by atoms with Crippen LogP contribution in [0.5, 0.6) is 0 Å². The summed E-state index contributed by atoms with van der Waals surface area (Å²) in [5.74, 6) is 0.436.